The van der Waals surface area contributed by atoms with Crippen LogP contribution >= 0.6 is 0 Å². The third kappa shape index (κ3) is 7.12. The molecule has 0 saturated carbocycles. The Kier molecular flexibility index (Phi) is 8.39. The van der Waals surface area contributed by atoms with Gasteiger partial charge in [0, 0.05) is 0 Å². The van der Waals surface area contributed by atoms with E-state index in [0.717, 1.165) is 11.1 Å². The van der Waals surface area contributed by atoms with Gasteiger partial charge >= 0.3 is 0 Å². The van der Waals surface area contributed by atoms with Crippen molar-refractivity contribution in [1.29, 1.82) is 0 Å². The molecule has 2 heteroatoms. The van der Waals surface area contributed by atoms with E-state index in [4.69, 9.17) is 5.21 Å². The molecule has 0 aliphatic carbocycles. The summed E-state index contributed by atoms with van der Waals surface area (Å²) in [6.07, 6.45) is 15.8. The molecule has 0 unspecified atom stereocenters. The maximum Gasteiger partial charge on any atom is 0.0796 e. The quantitative estimate of drug-likeness (QED) is 0.323. The monoisotopic (exact) mass is 231 g/mol. The molecule has 0 bridgehead atoms. The Bertz CT molecular complexity index is 393. The summed E-state index contributed by atoms with van der Waals surface area (Å²) in [5.74, 6) is 0. The molecule has 0 saturated heterocycles. The molecule has 1 N–H and O–H groups in total. The third-order valence-corrected chi connectivity index (χ3v) is 2.38. The molecule has 0 aromatic rings. The second-order valence-corrected chi connectivity index (χ2v) is 3.65. The molecule has 0 spiro atoms. The van der Waals surface area contributed by atoms with Crippen molar-refractivity contribution in [3.8, 4) is 0 Å². The number of allylic oxidation sites excluding steroid dienone is 10. The molecule has 17 heavy (non-hydrogen) atoms. The molecule has 92 valence electrons. The van der Waals surface area contributed by atoms with Gasteiger partial charge in [-0.15, -0.1) is 0 Å². The van der Waals surface area contributed by atoms with Gasteiger partial charge < -0.3 is 5.21 Å². The maximum atomic E-state index is 8.65. The summed E-state index contributed by atoms with van der Waals surface area (Å²) in [7, 11) is 0. The largest absolute Gasteiger partial charge is 0.411 e. The first-order chi connectivity index (χ1) is 8.13. The Labute approximate surface area is 104 Å². The lowest BCUT2D eigenvalue weighted by Crippen LogP contribution is -1.95. The first-order valence-electron chi connectivity index (χ1n) is 5.62. The molecular formula is C15H21NO. The highest BCUT2D eigenvalue weighted by atomic mass is 16.4. The van der Waals surface area contributed by atoms with E-state index < -0.39 is 0 Å². The normalized spacial score (nSPS) is 15.6. The number of oxime groups is 1. The molecular weight excluding hydrogens is 210 g/mol. The number of nitrogens with zero attached hydrogens (tertiary/aromatic N) is 1. The van der Waals surface area contributed by atoms with Crippen molar-refractivity contribution in [3.63, 3.8) is 0 Å². The Hall–Kier alpha value is -1.83. The fourth-order valence-corrected chi connectivity index (χ4v) is 1.05. The van der Waals surface area contributed by atoms with Crippen molar-refractivity contribution in [3.05, 3.63) is 59.8 Å². The average molecular weight is 231 g/mol. The second kappa shape index (κ2) is 9.40. The van der Waals surface area contributed by atoms with E-state index in [2.05, 4.69) is 5.16 Å². The highest BCUT2D eigenvalue weighted by Crippen LogP contribution is 2.07. The smallest absolute Gasteiger partial charge is 0.0796 e. The second-order valence-electron chi connectivity index (χ2n) is 3.65. The summed E-state index contributed by atoms with van der Waals surface area (Å²) < 4.78 is 0. The van der Waals surface area contributed by atoms with Gasteiger partial charge in [0.25, 0.3) is 0 Å². The van der Waals surface area contributed by atoms with Gasteiger partial charge in [0.15, 0.2) is 0 Å². The molecule has 0 atom stereocenters. The van der Waals surface area contributed by atoms with Crippen LogP contribution in [0.4, 0.5) is 0 Å². The van der Waals surface area contributed by atoms with Crippen LogP contribution in [-0.2, 0) is 0 Å². The van der Waals surface area contributed by atoms with Gasteiger partial charge in [0.2, 0.25) is 0 Å². The summed E-state index contributed by atoms with van der Waals surface area (Å²) in [4.78, 5) is 0. The average Bonchev–Trinajstić information content (AvgIpc) is 2.35. The minimum atomic E-state index is 0.643. The lowest BCUT2D eigenvalue weighted by Gasteiger charge is -2.00. The highest BCUT2D eigenvalue weighted by molar-refractivity contribution is 5.98. The fourth-order valence-electron chi connectivity index (χ4n) is 1.05. The first-order valence-corrected chi connectivity index (χ1v) is 5.62. The SMILES string of the molecule is CC=CC=CC=CC=CC(C)=C(C)C(C)=NO. The third-order valence-electron chi connectivity index (χ3n) is 2.38. The fraction of sp³-hybridized carbons (Fsp3) is 0.267. The van der Waals surface area contributed by atoms with Crippen LogP contribution in [-0.4, -0.2) is 10.9 Å². The minimum absolute atomic E-state index is 0.643. The predicted octanol–water partition coefficient (Wildman–Crippen LogP) is 4.42. The molecule has 0 aliphatic rings. The van der Waals surface area contributed by atoms with Crippen LogP contribution in [0.25, 0.3) is 0 Å². The molecule has 0 aromatic heterocycles. The van der Waals surface area contributed by atoms with E-state index in [0.29, 0.717) is 5.71 Å². The Balaban J connectivity index is 4.44. The van der Waals surface area contributed by atoms with Gasteiger partial charge in [-0.2, -0.15) is 0 Å². The Morgan fingerprint density at radius 1 is 0.882 bits per heavy atom. The van der Waals surface area contributed by atoms with Gasteiger partial charge in [-0.3, -0.25) is 0 Å². The topological polar surface area (TPSA) is 32.6 Å². The van der Waals surface area contributed by atoms with Gasteiger partial charge in [-0.1, -0.05) is 53.8 Å². The van der Waals surface area contributed by atoms with Crippen LogP contribution in [0.3, 0.4) is 0 Å². The van der Waals surface area contributed by atoms with Crippen LogP contribution < -0.4 is 0 Å². The molecule has 0 rings (SSSR count). The zero-order valence-electron chi connectivity index (χ0n) is 11.0. The molecule has 0 amide bonds. The van der Waals surface area contributed by atoms with Crippen molar-refractivity contribution >= 4 is 5.71 Å². The van der Waals surface area contributed by atoms with Gasteiger partial charge in [-0.25, -0.2) is 0 Å². The van der Waals surface area contributed by atoms with E-state index in [1.807, 2.05) is 69.4 Å². The predicted molar refractivity (Wildman–Crippen MR) is 75.5 cm³/mol. The maximum absolute atomic E-state index is 8.65. The zero-order chi connectivity index (χ0) is 13.1. The molecule has 0 aromatic carbocycles. The van der Waals surface area contributed by atoms with E-state index in [9.17, 15) is 0 Å². The lowest BCUT2D eigenvalue weighted by molar-refractivity contribution is 0.319. The molecule has 0 aliphatic heterocycles. The van der Waals surface area contributed by atoms with Gasteiger partial charge in [0.1, 0.15) is 0 Å². The Morgan fingerprint density at radius 3 is 1.94 bits per heavy atom. The molecule has 2 nitrogen and oxygen atoms in total. The van der Waals surface area contributed by atoms with E-state index >= 15 is 0 Å². The molecule has 0 heterocycles. The van der Waals surface area contributed by atoms with Crippen LogP contribution in [0, 0.1) is 0 Å². The standard InChI is InChI=1S/C15H21NO/c1-5-6-7-8-9-10-11-12-13(2)14(3)15(4)16-17/h5-12,17H,1-4H3. The number of hydrogen-bond donors (Lipinski definition) is 1. The van der Waals surface area contributed by atoms with Gasteiger partial charge in [0.05, 0.1) is 5.71 Å². The van der Waals surface area contributed by atoms with E-state index in [1.54, 1.807) is 6.92 Å². The van der Waals surface area contributed by atoms with Crippen molar-refractivity contribution < 1.29 is 5.21 Å². The summed E-state index contributed by atoms with van der Waals surface area (Å²) in [6, 6.07) is 0. The summed E-state index contributed by atoms with van der Waals surface area (Å²) in [5.41, 5.74) is 2.72. The van der Waals surface area contributed by atoms with Crippen LogP contribution in [0.15, 0.2) is 64.9 Å². The lowest BCUT2D eigenvalue weighted by atomic mass is 10.1. The summed E-state index contributed by atoms with van der Waals surface area (Å²) >= 11 is 0. The minimum Gasteiger partial charge on any atom is -0.411 e. The number of hydrogen-bond acceptors (Lipinski definition) is 2. The van der Waals surface area contributed by atoms with Crippen molar-refractivity contribution in [2.24, 2.45) is 5.16 Å². The van der Waals surface area contributed by atoms with Crippen molar-refractivity contribution in [2.75, 3.05) is 0 Å². The summed E-state index contributed by atoms with van der Waals surface area (Å²) in [5, 5.41) is 11.8. The van der Waals surface area contributed by atoms with Crippen LogP contribution in [0.2, 0.25) is 0 Å². The van der Waals surface area contributed by atoms with Gasteiger partial charge in [-0.05, 0) is 38.8 Å². The van der Waals surface area contributed by atoms with Crippen LogP contribution in [0.1, 0.15) is 27.7 Å². The van der Waals surface area contributed by atoms with E-state index in [-0.39, 0.29) is 0 Å². The zero-order valence-corrected chi connectivity index (χ0v) is 11.0. The first kappa shape index (κ1) is 15.2. The Morgan fingerprint density at radius 2 is 1.41 bits per heavy atom. The van der Waals surface area contributed by atoms with Crippen LogP contribution in [0.5, 0.6) is 0 Å². The highest BCUT2D eigenvalue weighted by Gasteiger charge is 1.97. The molecule has 0 fully saturated rings. The number of rotatable bonds is 5. The molecule has 0 radical (unpaired) electrons. The van der Waals surface area contributed by atoms with Crippen molar-refractivity contribution in [2.45, 2.75) is 27.7 Å². The van der Waals surface area contributed by atoms with E-state index in [1.165, 1.54) is 0 Å². The van der Waals surface area contributed by atoms with Crippen molar-refractivity contribution in [1.82, 2.24) is 0 Å². The summed E-state index contributed by atoms with van der Waals surface area (Å²) in [6.45, 7) is 7.69.